The number of benzene rings is 2. The molecule has 0 amide bonds. The van der Waals surface area contributed by atoms with Crippen molar-refractivity contribution >= 4 is 38.2 Å². The zero-order valence-corrected chi connectivity index (χ0v) is 16.5. The largest absolute Gasteiger partial charge is 0.277 e. The lowest BCUT2D eigenvalue weighted by molar-refractivity contribution is 0.642. The highest BCUT2D eigenvalue weighted by molar-refractivity contribution is 7.21. The predicted octanol–water partition coefficient (Wildman–Crippen LogP) is 7.17. The number of aromatic nitrogens is 1. The van der Waals surface area contributed by atoms with Gasteiger partial charge in [0.1, 0.15) is 0 Å². The highest BCUT2D eigenvalue weighted by Gasteiger charge is 2.03. The van der Waals surface area contributed by atoms with Crippen molar-refractivity contribution in [1.82, 2.24) is 4.98 Å². The number of rotatable bonds is 9. The average Bonchev–Trinajstić information content (AvgIpc) is 3.13. The minimum absolute atomic E-state index is 0.662. The number of hydrogen-bond acceptors (Lipinski definition) is 5. The van der Waals surface area contributed by atoms with E-state index in [4.69, 9.17) is 0 Å². The third-order valence-corrected chi connectivity index (χ3v) is 5.05. The van der Waals surface area contributed by atoms with E-state index < -0.39 is 0 Å². The van der Waals surface area contributed by atoms with Crippen molar-refractivity contribution in [1.29, 1.82) is 0 Å². The van der Waals surface area contributed by atoms with Gasteiger partial charge in [-0.25, -0.2) is 4.98 Å². The molecular weight excluding hydrogens is 354 g/mol. The molecular formula is C21H25N5S. The standard InChI is InChI=1S/C21H25N5S/c1-2-3-4-5-9-16-20(24-23-17-12-7-6-8-13-17)25-26-21-22-18-14-10-11-15-19(18)27-21/h6-8,10-15,23H,2-5,9,16H2,1H3/b24-20+,26-25?. The summed E-state index contributed by atoms with van der Waals surface area (Å²) in [5.41, 5.74) is 4.97. The van der Waals surface area contributed by atoms with E-state index in [-0.39, 0.29) is 0 Å². The Morgan fingerprint density at radius 1 is 0.963 bits per heavy atom. The Labute approximate surface area is 164 Å². The molecule has 6 heteroatoms. The van der Waals surface area contributed by atoms with Gasteiger partial charge < -0.3 is 0 Å². The van der Waals surface area contributed by atoms with Crippen LogP contribution >= 0.6 is 11.3 Å². The normalized spacial score (nSPS) is 12.1. The fourth-order valence-electron chi connectivity index (χ4n) is 2.66. The van der Waals surface area contributed by atoms with Gasteiger partial charge in [-0.05, 0) is 30.7 Å². The molecule has 0 radical (unpaired) electrons. The summed E-state index contributed by atoms with van der Waals surface area (Å²) < 4.78 is 1.12. The number of fused-ring (bicyclic) bond motifs is 1. The third-order valence-electron chi connectivity index (χ3n) is 4.13. The molecule has 0 bridgehead atoms. The first-order valence-electron chi connectivity index (χ1n) is 9.50. The van der Waals surface area contributed by atoms with Crippen molar-refractivity contribution in [2.75, 3.05) is 5.43 Å². The molecule has 0 aliphatic heterocycles. The second-order valence-electron chi connectivity index (χ2n) is 6.33. The van der Waals surface area contributed by atoms with Crippen LogP contribution in [0, 0.1) is 0 Å². The Hall–Kier alpha value is -2.60. The van der Waals surface area contributed by atoms with Gasteiger partial charge >= 0.3 is 0 Å². The van der Waals surface area contributed by atoms with E-state index >= 15 is 0 Å². The van der Waals surface area contributed by atoms with Crippen molar-refractivity contribution in [2.24, 2.45) is 15.3 Å². The zero-order valence-electron chi connectivity index (χ0n) is 15.6. The molecule has 0 aliphatic rings. The van der Waals surface area contributed by atoms with Crippen molar-refractivity contribution < 1.29 is 0 Å². The van der Waals surface area contributed by atoms with E-state index in [0.717, 1.165) is 28.7 Å². The lowest BCUT2D eigenvalue weighted by Crippen LogP contribution is -1.99. The Morgan fingerprint density at radius 3 is 2.56 bits per heavy atom. The molecule has 0 atom stereocenters. The van der Waals surface area contributed by atoms with Crippen LogP contribution in [0.3, 0.4) is 0 Å². The fourth-order valence-corrected chi connectivity index (χ4v) is 3.45. The van der Waals surface area contributed by atoms with E-state index in [1.807, 2.05) is 54.6 Å². The molecule has 0 saturated heterocycles. The molecule has 1 N–H and O–H groups in total. The molecule has 3 rings (SSSR count). The van der Waals surface area contributed by atoms with Crippen molar-refractivity contribution in [2.45, 2.75) is 45.4 Å². The monoisotopic (exact) mass is 379 g/mol. The predicted molar refractivity (Wildman–Crippen MR) is 115 cm³/mol. The molecule has 3 aromatic rings. The van der Waals surface area contributed by atoms with Gasteiger partial charge in [-0.1, -0.05) is 74.3 Å². The summed E-state index contributed by atoms with van der Waals surface area (Å²) in [5.74, 6) is 0.703. The molecule has 0 aliphatic carbocycles. The highest BCUT2D eigenvalue weighted by atomic mass is 32.1. The Kier molecular flexibility index (Phi) is 7.47. The summed E-state index contributed by atoms with van der Waals surface area (Å²) in [5, 5.41) is 13.8. The second-order valence-corrected chi connectivity index (χ2v) is 7.34. The van der Waals surface area contributed by atoms with Crippen molar-refractivity contribution in [3.8, 4) is 0 Å². The maximum atomic E-state index is 4.51. The SMILES string of the molecule is CCCCCCC/C(N=Nc1nc2ccccc2s1)=N\Nc1ccccc1. The summed E-state index contributed by atoms with van der Waals surface area (Å²) in [6.07, 6.45) is 6.83. The lowest BCUT2D eigenvalue weighted by Gasteiger charge is -2.03. The summed E-state index contributed by atoms with van der Waals surface area (Å²) in [6.45, 7) is 2.23. The molecule has 0 spiro atoms. The van der Waals surface area contributed by atoms with E-state index in [9.17, 15) is 0 Å². The molecule has 5 nitrogen and oxygen atoms in total. The summed E-state index contributed by atoms with van der Waals surface area (Å²) in [4.78, 5) is 4.51. The van der Waals surface area contributed by atoms with Gasteiger partial charge in [-0.2, -0.15) is 5.10 Å². The summed E-state index contributed by atoms with van der Waals surface area (Å²) >= 11 is 1.54. The van der Waals surface area contributed by atoms with Gasteiger partial charge in [0.2, 0.25) is 5.13 Å². The van der Waals surface area contributed by atoms with Crippen LogP contribution in [0.15, 0.2) is 69.9 Å². The topological polar surface area (TPSA) is 62.0 Å². The molecule has 0 saturated carbocycles. The first-order valence-corrected chi connectivity index (χ1v) is 10.3. The van der Waals surface area contributed by atoms with Crippen LogP contribution in [0.4, 0.5) is 10.8 Å². The smallest absolute Gasteiger partial charge is 0.231 e. The number of thiazole rings is 1. The van der Waals surface area contributed by atoms with Gasteiger partial charge in [0.25, 0.3) is 0 Å². The van der Waals surface area contributed by atoms with Crippen LogP contribution in [0.25, 0.3) is 10.2 Å². The molecule has 0 fully saturated rings. The van der Waals surface area contributed by atoms with Gasteiger partial charge in [-0.15, -0.1) is 10.2 Å². The molecule has 27 heavy (non-hydrogen) atoms. The van der Waals surface area contributed by atoms with Crippen LogP contribution in [0.2, 0.25) is 0 Å². The second kappa shape index (κ2) is 10.5. The van der Waals surface area contributed by atoms with Crippen LogP contribution in [0.5, 0.6) is 0 Å². The fraction of sp³-hybridized carbons (Fsp3) is 0.333. The van der Waals surface area contributed by atoms with Crippen LogP contribution < -0.4 is 5.43 Å². The van der Waals surface area contributed by atoms with E-state index in [0.29, 0.717) is 11.0 Å². The Bertz CT molecular complexity index is 853. The summed E-state index contributed by atoms with van der Waals surface area (Å²) in [6, 6.07) is 17.9. The molecule has 2 aromatic carbocycles. The van der Waals surface area contributed by atoms with Crippen molar-refractivity contribution in [3.63, 3.8) is 0 Å². The van der Waals surface area contributed by atoms with Gasteiger partial charge in [0.15, 0.2) is 5.84 Å². The number of para-hydroxylation sites is 2. The Balaban J connectivity index is 1.67. The van der Waals surface area contributed by atoms with Crippen molar-refractivity contribution in [3.05, 3.63) is 54.6 Å². The minimum Gasteiger partial charge on any atom is -0.277 e. The number of hydrogen-bond donors (Lipinski definition) is 1. The van der Waals surface area contributed by atoms with Crippen LogP contribution in [0.1, 0.15) is 45.4 Å². The molecule has 0 unspecified atom stereocenters. The van der Waals surface area contributed by atoms with E-state index in [2.05, 4.69) is 32.7 Å². The quantitative estimate of drug-likeness (QED) is 0.141. The van der Waals surface area contributed by atoms with Gasteiger partial charge in [0, 0.05) is 6.42 Å². The number of hydrazone groups is 1. The Morgan fingerprint density at radius 2 is 1.74 bits per heavy atom. The number of anilines is 1. The van der Waals surface area contributed by atoms with Crippen LogP contribution in [-0.4, -0.2) is 10.8 Å². The lowest BCUT2D eigenvalue weighted by atomic mass is 10.1. The van der Waals surface area contributed by atoms with Gasteiger partial charge in [-0.3, -0.25) is 5.43 Å². The molecule has 140 valence electrons. The first kappa shape index (κ1) is 19.2. The van der Waals surface area contributed by atoms with Crippen LogP contribution in [-0.2, 0) is 0 Å². The third kappa shape index (κ3) is 6.25. The number of nitrogens with zero attached hydrogens (tertiary/aromatic N) is 4. The molecule has 1 aromatic heterocycles. The average molecular weight is 380 g/mol. The zero-order chi connectivity index (χ0) is 18.7. The first-order chi connectivity index (χ1) is 13.3. The maximum Gasteiger partial charge on any atom is 0.231 e. The number of nitrogens with one attached hydrogen (secondary N) is 1. The van der Waals surface area contributed by atoms with Gasteiger partial charge in [0.05, 0.1) is 15.9 Å². The maximum absolute atomic E-state index is 4.51. The number of azo groups is 1. The number of amidine groups is 1. The highest BCUT2D eigenvalue weighted by Crippen LogP contribution is 2.27. The molecule has 1 heterocycles. The summed E-state index contributed by atoms with van der Waals surface area (Å²) in [7, 11) is 0. The minimum atomic E-state index is 0.662. The van der Waals surface area contributed by atoms with E-state index in [1.54, 1.807) is 11.3 Å². The number of unbranched alkanes of at least 4 members (excludes halogenated alkanes) is 4. The van der Waals surface area contributed by atoms with E-state index in [1.165, 1.54) is 25.7 Å².